The fourth-order valence-electron chi connectivity index (χ4n) is 2.82. The molecule has 0 saturated carbocycles. The summed E-state index contributed by atoms with van der Waals surface area (Å²) >= 11 is 0. The molecule has 0 unspecified atom stereocenters. The fourth-order valence-corrected chi connectivity index (χ4v) is 4.71. The molecule has 0 aliphatic carbocycles. The maximum atomic E-state index is 12.6. The first-order valence-corrected chi connectivity index (χ1v) is 8.37. The van der Waals surface area contributed by atoms with Crippen molar-refractivity contribution in [2.75, 3.05) is 39.8 Å². The van der Waals surface area contributed by atoms with Crippen LogP contribution in [0.25, 0.3) is 0 Å². The Balaban J connectivity index is 2.09. The molecule has 2 aliphatic rings. The molecule has 0 bridgehead atoms. The van der Waals surface area contributed by atoms with Crippen LogP contribution in [0.2, 0.25) is 0 Å². The Hall–Kier alpha value is -0.170. The number of piperidine rings is 1. The molecule has 6 heteroatoms. The van der Waals surface area contributed by atoms with Crippen LogP contribution >= 0.6 is 0 Å². The smallest absolute Gasteiger partial charge is 0.282 e. The van der Waals surface area contributed by atoms with E-state index in [-0.39, 0.29) is 6.04 Å². The highest BCUT2D eigenvalue weighted by molar-refractivity contribution is 7.86. The molecule has 2 aliphatic heterocycles. The molecule has 0 spiro atoms. The zero-order valence-electron chi connectivity index (χ0n) is 11.5. The summed E-state index contributed by atoms with van der Waals surface area (Å²) in [7, 11) is -1.19. The van der Waals surface area contributed by atoms with Gasteiger partial charge in [-0.05, 0) is 39.8 Å². The number of nitrogens with zero attached hydrogens (tertiary/aromatic N) is 3. The lowest BCUT2D eigenvalue weighted by Gasteiger charge is -2.36. The minimum atomic E-state index is -3.24. The van der Waals surface area contributed by atoms with Crippen molar-refractivity contribution >= 4 is 10.2 Å². The van der Waals surface area contributed by atoms with Crippen LogP contribution in [0.4, 0.5) is 0 Å². The Bertz CT molecular complexity index is 372. The normalized spacial score (nSPS) is 30.2. The van der Waals surface area contributed by atoms with Gasteiger partial charge in [-0.25, -0.2) is 0 Å². The molecule has 2 fully saturated rings. The number of hydrogen-bond acceptors (Lipinski definition) is 3. The first-order valence-electron chi connectivity index (χ1n) is 6.97. The summed E-state index contributed by atoms with van der Waals surface area (Å²) in [5.41, 5.74) is 0. The lowest BCUT2D eigenvalue weighted by molar-refractivity contribution is 0.244. The van der Waals surface area contributed by atoms with Gasteiger partial charge >= 0.3 is 0 Å². The Morgan fingerprint density at radius 2 is 1.72 bits per heavy atom. The average molecular weight is 275 g/mol. The topological polar surface area (TPSA) is 43.9 Å². The van der Waals surface area contributed by atoms with Crippen molar-refractivity contribution in [2.45, 2.75) is 38.6 Å². The molecule has 0 aromatic rings. The van der Waals surface area contributed by atoms with Crippen molar-refractivity contribution in [1.29, 1.82) is 0 Å². The fraction of sp³-hybridized carbons (Fsp3) is 1.00. The molecule has 2 rings (SSSR count). The van der Waals surface area contributed by atoms with E-state index in [1.807, 2.05) is 6.92 Å². The Morgan fingerprint density at radius 1 is 0.944 bits per heavy atom. The third-order valence-electron chi connectivity index (χ3n) is 4.04. The highest BCUT2D eigenvalue weighted by Crippen LogP contribution is 2.22. The molecule has 0 aromatic heterocycles. The maximum absolute atomic E-state index is 12.6. The summed E-state index contributed by atoms with van der Waals surface area (Å²) in [5, 5.41) is 0. The molecule has 0 amide bonds. The second kappa shape index (κ2) is 5.86. The van der Waals surface area contributed by atoms with Crippen molar-refractivity contribution in [1.82, 2.24) is 13.5 Å². The Kier molecular flexibility index (Phi) is 4.64. The zero-order valence-corrected chi connectivity index (χ0v) is 12.3. The molecule has 0 radical (unpaired) electrons. The van der Waals surface area contributed by atoms with Gasteiger partial charge in [0.25, 0.3) is 10.2 Å². The van der Waals surface area contributed by atoms with E-state index in [0.29, 0.717) is 19.6 Å². The van der Waals surface area contributed by atoms with E-state index in [4.69, 9.17) is 0 Å². The number of rotatable bonds is 2. The van der Waals surface area contributed by atoms with E-state index >= 15 is 0 Å². The lowest BCUT2D eigenvalue weighted by Crippen LogP contribution is -2.50. The van der Waals surface area contributed by atoms with Gasteiger partial charge in [-0.3, -0.25) is 0 Å². The number of likely N-dealkylation sites (N-methyl/N-ethyl adjacent to an activating group) is 1. The molecule has 18 heavy (non-hydrogen) atoms. The average Bonchev–Trinajstić information content (AvgIpc) is 2.54. The third-order valence-corrected chi connectivity index (χ3v) is 6.20. The quantitative estimate of drug-likeness (QED) is 0.747. The third kappa shape index (κ3) is 3.04. The van der Waals surface area contributed by atoms with Gasteiger partial charge in [-0.15, -0.1) is 0 Å². The van der Waals surface area contributed by atoms with Crippen LogP contribution in [0, 0.1) is 0 Å². The molecular formula is C12H25N3O2S. The monoisotopic (exact) mass is 275 g/mol. The summed E-state index contributed by atoms with van der Waals surface area (Å²) in [6.45, 7) is 5.83. The van der Waals surface area contributed by atoms with Gasteiger partial charge in [-0.1, -0.05) is 6.42 Å². The second-order valence-electron chi connectivity index (χ2n) is 5.52. The van der Waals surface area contributed by atoms with E-state index in [9.17, 15) is 8.42 Å². The SMILES string of the molecule is C[C@@H]1CCCCN1S(=O)(=O)N1CCCN(C)CC1. The van der Waals surface area contributed by atoms with Crippen LogP contribution in [0.15, 0.2) is 0 Å². The summed E-state index contributed by atoms with van der Waals surface area (Å²) in [6.07, 6.45) is 4.07. The largest absolute Gasteiger partial charge is 0.305 e. The van der Waals surface area contributed by atoms with E-state index in [1.54, 1.807) is 8.61 Å². The molecule has 2 heterocycles. The first-order chi connectivity index (χ1) is 8.51. The van der Waals surface area contributed by atoms with Crippen molar-refractivity contribution < 1.29 is 8.42 Å². The predicted octanol–water partition coefficient (Wildman–Crippen LogP) is 0.743. The highest BCUT2D eigenvalue weighted by atomic mass is 32.2. The van der Waals surface area contributed by atoms with Crippen LogP contribution in [0.5, 0.6) is 0 Å². The zero-order chi connectivity index (χ0) is 13.2. The number of hydrogen-bond donors (Lipinski definition) is 0. The molecule has 1 atom stereocenters. The molecule has 2 saturated heterocycles. The Labute approximate surface area is 111 Å². The molecule has 0 N–H and O–H groups in total. The van der Waals surface area contributed by atoms with Crippen molar-refractivity contribution in [3.63, 3.8) is 0 Å². The summed E-state index contributed by atoms with van der Waals surface area (Å²) in [5.74, 6) is 0. The summed E-state index contributed by atoms with van der Waals surface area (Å²) in [6, 6.07) is 0.157. The van der Waals surface area contributed by atoms with Crippen molar-refractivity contribution in [2.24, 2.45) is 0 Å². The van der Waals surface area contributed by atoms with Gasteiger partial charge in [0, 0.05) is 32.2 Å². The van der Waals surface area contributed by atoms with Crippen molar-refractivity contribution in [3.8, 4) is 0 Å². The van der Waals surface area contributed by atoms with Gasteiger partial charge < -0.3 is 4.90 Å². The highest BCUT2D eigenvalue weighted by Gasteiger charge is 2.34. The van der Waals surface area contributed by atoms with E-state index in [2.05, 4.69) is 11.9 Å². The molecule has 106 valence electrons. The minimum Gasteiger partial charge on any atom is -0.305 e. The summed E-state index contributed by atoms with van der Waals surface area (Å²) in [4.78, 5) is 2.20. The van der Waals surface area contributed by atoms with Gasteiger partial charge in [0.15, 0.2) is 0 Å². The van der Waals surface area contributed by atoms with Gasteiger partial charge in [-0.2, -0.15) is 17.0 Å². The van der Waals surface area contributed by atoms with E-state index in [1.165, 1.54) is 0 Å². The molecular weight excluding hydrogens is 250 g/mol. The second-order valence-corrected chi connectivity index (χ2v) is 7.40. The standard InChI is InChI=1S/C12H25N3O2S/c1-12-6-3-4-9-15(12)18(16,17)14-8-5-7-13(2)10-11-14/h12H,3-11H2,1-2H3/t12-/m1/s1. The van der Waals surface area contributed by atoms with Crippen LogP contribution in [-0.2, 0) is 10.2 Å². The van der Waals surface area contributed by atoms with Crippen LogP contribution < -0.4 is 0 Å². The van der Waals surface area contributed by atoms with E-state index < -0.39 is 10.2 Å². The van der Waals surface area contributed by atoms with Crippen LogP contribution in [-0.4, -0.2) is 67.7 Å². The Morgan fingerprint density at radius 3 is 2.44 bits per heavy atom. The van der Waals surface area contributed by atoms with Crippen molar-refractivity contribution in [3.05, 3.63) is 0 Å². The van der Waals surface area contributed by atoms with Gasteiger partial charge in [0.1, 0.15) is 0 Å². The molecule has 5 nitrogen and oxygen atoms in total. The van der Waals surface area contributed by atoms with E-state index in [0.717, 1.165) is 38.8 Å². The maximum Gasteiger partial charge on any atom is 0.282 e. The van der Waals surface area contributed by atoms with Crippen LogP contribution in [0.1, 0.15) is 32.6 Å². The van der Waals surface area contributed by atoms with Gasteiger partial charge in [0.05, 0.1) is 0 Å². The predicted molar refractivity (Wildman–Crippen MR) is 72.6 cm³/mol. The first kappa shape index (κ1) is 14.2. The molecule has 0 aromatic carbocycles. The summed E-state index contributed by atoms with van der Waals surface area (Å²) < 4.78 is 28.7. The minimum absolute atomic E-state index is 0.157. The van der Waals surface area contributed by atoms with Gasteiger partial charge in [0.2, 0.25) is 0 Å². The lowest BCUT2D eigenvalue weighted by atomic mass is 10.1. The van der Waals surface area contributed by atoms with Crippen LogP contribution in [0.3, 0.4) is 0 Å².